The molecule has 4 aromatic rings. The number of hydrazone groups is 1. The van der Waals surface area contributed by atoms with Crippen LogP contribution in [0.1, 0.15) is 21.5 Å². The highest BCUT2D eigenvalue weighted by atomic mass is 127. The van der Waals surface area contributed by atoms with E-state index in [9.17, 15) is 9.18 Å². The Morgan fingerprint density at radius 1 is 0.971 bits per heavy atom. The highest BCUT2D eigenvalue weighted by Gasteiger charge is 2.14. The second-order valence-corrected chi connectivity index (χ2v) is 8.68. The van der Waals surface area contributed by atoms with Crippen LogP contribution in [0, 0.1) is 9.39 Å². The summed E-state index contributed by atoms with van der Waals surface area (Å²) in [4.78, 5) is 12.8. The van der Waals surface area contributed by atoms with Crippen molar-refractivity contribution in [1.82, 2.24) is 5.43 Å². The minimum Gasteiger partial charge on any atom is -0.496 e. The molecule has 35 heavy (non-hydrogen) atoms. The number of benzene rings is 4. The first-order chi connectivity index (χ1) is 17.0. The summed E-state index contributed by atoms with van der Waals surface area (Å²) in [5, 5.41) is 5.99. The van der Waals surface area contributed by atoms with Crippen LogP contribution in [0.15, 0.2) is 77.9 Å². The van der Waals surface area contributed by atoms with Gasteiger partial charge in [-0.1, -0.05) is 42.5 Å². The molecular formula is C27H22FIN2O4. The van der Waals surface area contributed by atoms with E-state index in [0.29, 0.717) is 33.9 Å². The van der Waals surface area contributed by atoms with E-state index in [1.165, 1.54) is 26.5 Å². The van der Waals surface area contributed by atoms with Crippen LogP contribution in [0.5, 0.6) is 17.2 Å². The molecule has 0 unspecified atom stereocenters. The molecule has 178 valence electrons. The van der Waals surface area contributed by atoms with Crippen LogP contribution in [0.25, 0.3) is 10.8 Å². The fourth-order valence-electron chi connectivity index (χ4n) is 3.51. The Bertz CT molecular complexity index is 1410. The third-order valence-electron chi connectivity index (χ3n) is 5.27. The second-order valence-electron chi connectivity index (χ2n) is 7.51. The number of carbonyl (C=O) groups excluding carboxylic acids is 1. The van der Waals surface area contributed by atoms with Crippen molar-refractivity contribution in [3.63, 3.8) is 0 Å². The number of nitrogens with one attached hydrogen (secondary N) is 1. The minimum absolute atomic E-state index is 0.0656. The number of ether oxygens (including phenoxy) is 3. The number of methoxy groups -OCH3 is 2. The predicted octanol–water partition coefficient (Wildman–Crippen LogP) is 5.94. The van der Waals surface area contributed by atoms with E-state index in [4.69, 9.17) is 14.2 Å². The topological polar surface area (TPSA) is 69.2 Å². The van der Waals surface area contributed by atoms with Gasteiger partial charge in [-0.25, -0.2) is 9.82 Å². The van der Waals surface area contributed by atoms with E-state index in [1.54, 1.807) is 30.3 Å². The van der Waals surface area contributed by atoms with Crippen LogP contribution in [-0.4, -0.2) is 26.3 Å². The summed E-state index contributed by atoms with van der Waals surface area (Å²) in [5.74, 6) is 0.707. The molecule has 0 saturated heterocycles. The number of hydrogen-bond donors (Lipinski definition) is 1. The Morgan fingerprint density at radius 2 is 1.66 bits per heavy atom. The highest BCUT2D eigenvalue weighted by molar-refractivity contribution is 14.1. The molecule has 0 bridgehead atoms. The van der Waals surface area contributed by atoms with E-state index in [1.807, 2.05) is 36.4 Å². The molecule has 6 nitrogen and oxygen atoms in total. The van der Waals surface area contributed by atoms with Gasteiger partial charge in [0.25, 0.3) is 5.91 Å². The van der Waals surface area contributed by atoms with E-state index in [2.05, 4.69) is 33.1 Å². The van der Waals surface area contributed by atoms with Gasteiger partial charge in [-0.15, -0.1) is 0 Å². The smallest absolute Gasteiger partial charge is 0.275 e. The maximum atomic E-state index is 13.9. The largest absolute Gasteiger partial charge is 0.496 e. The molecule has 1 amide bonds. The number of carbonyl (C=O) groups is 1. The van der Waals surface area contributed by atoms with Crippen LogP contribution in [0.3, 0.4) is 0 Å². The third kappa shape index (κ3) is 5.71. The van der Waals surface area contributed by atoms with Gasteiger partial charge in [0.2, 0.25) is 0 Å². The fraction of sp³-hybridized carbons (Fsp3) is 0.111. The number of nitrogens with zero attached hydrogens (tertiary/aromatic N) is 1. The lowest BCUT2D eigenvalue weighted by Gasteiger charge is -2.14. The summed E-state index contributed by atoms with van der Waals surface area (Å²) in [6.45, 7) is 0.0656. The molecule has 4 aromatic carbocycles. The van der Waals surface area contributed by atoms with Crippen molar-refractivity contribution in [3.8, 4) is 17.2 Å². The Morgan fingerprint density at radius 3 is 2.37 bits per heavy atom. The van der Waals surface area contributed by atoms with Gasteiger partial charge < -0.3 is 14.2 Å². The van der Waals surface area contributed by atoms with Crippen molar-refractivity contribution in [2.24, 2.45) is 5.10 Å². The van der Waals surface area contributed by atoms with Gasteiger partial charge >= 0.3 is 0 Å². The van der Waals surface area contributed by atoms with Gasteiger partial charge in [0, 0.05) is 5.56 Å². The zero-order valence-electron chi connectivity index (χ0n) is 19.0. The van der Waals surface area contributed by atoms with Gasteiger partial charge in [-0.05, 0) is 69.3 Å². The van der Waals surface area contributed by atoms with Gasteiger partial charge in [0.15, 0.2) is 11.5 Å². The molecule has 0 heterocycles. The van der Waals surface area contributed by atoms with Gasteiger partial charge in [-0.3, -0.25) is 4.79 Å². The zero-order chi connectivity index (χ0) is 24.8. The van der Waals surface area contributed by atoms with Crippen LogP contribution >= 0.6 is 22.6 Å². The summed E-state index contributed by atoms with van der Waals surface area (Å²) in [7, 11) is 3.05. The van der Waals surface area contributed by atoms with Gasteiger partial charge in [0.1, 0.15) is 18.2 Å². The number of halogens is 2. The van der Waals surface area contributed by atoms with Crippen LogP contribution in [0.2, 0.25) is 0 Å². The molecular weight excluding hydrogens is 562 g/mol. The van der Waals surface area contributed by atoms with E-state index in [0.717, 1.165) is 14.3 Å². The van der Waals surface area contributed by atoms with Gasteiger partial charge in [0.05, 0.1) is 29.6 Å². The fourth-order valence-corrected chi connectivity index (χ4v) is 4.29. The van der Waals surface area contributed by atoms with E-state index >= 15 is 0 Å². The molecule has 0 aliphatic heterocycles. The maximum Gasteiger partial charge on any atom is 0.275 e. The highest BCUT2D eigenvalue weighted by Crippen LogP contribution is 2.34. The van der Waals surface area contributed by atoms with Gasteiger partial charge in [-0.2, -0.15) is 5.10 Å². The Labute approximate surface area is 215 Å². The molecule has 8 heteroatoms. The Balaban J connectivity index is 1.49. The summed E-state index contributed by atoms with van der Waals surface area (Å²) in [6, 6.07) is 21.3. The molecule has 0 aliphatic rings. The molecule has 1 N–H and O–H groups in total. The molecule has 0 spiro atoms. The Kier molecular flexibility index (Phi) is 7.81. The molecule has 0 fully saturated rings. The SMILES string of the molecule is COc1cc2ccccc2cc1C(=O)N/N=C\c1cc(I)c(OCc2ccccc2F)c(OC)c1. The summed E-state index contributed by atoms with van der Waals surface area (Å²) >= 11 is 2.11. The number of amides is 1. The predicted molar refractivity (Wildman–Crippen MR) is 142 cm³/mol. The maximum absolute atomic E-state index is 13.9. The normalized spacial score (nSPS) is 11.0. The van der Waals surface area contributed by atoms with Crippen molar-refractivity contribution in [3.05, 3.63) is 98.9 Å². The standard InChI is InChI=1S/C27H22FIN2O4/c1-33-24-14-19-8-4-3-7-18(19)13-21(24)27(32)31-30-15-17-11-23(29)26(25(12-17)34-2)35-16-20-9-5-6-10-22(20)28/h3-15H,16H2,1-2H3,(H,31,32)/b30-15-. The van der Waals surface area contributed by atoms with E-state index in [-0.39, 0.29) is 12.4 Å². The minimum atomic E-state index is -0.393. The summed E-state index contributed by atoms with van der Waals surface area (Å²) in [6.07, 6.45) is 1.51. The van der Waals surface area contributed by atoms with Crippen molar-refractivity contribution < 1.29 is 23.4 Å². The van der Waals surface area contributed by atoms with E-state index < -0.39 is 5.91 Å². The average Bonchev–Trinajstić information content (AvgIpc) is 2.87. The Hall–Kier alpha value is -3.66. The molecule has 0 radical (unpaired) electrons. The van der Waals surface area contributed by atoms with Crippen LogP contribution in [0.4, 0.5) is 4.39 Å². The van der Waals surface area contributed by atoms with Crippen LogP contribution < -0.4 is 19.6 Å². The lowest BCUT2D eigenvalue weighted by Crippen LogP contribution is -2.18. The molecule has 0 atom stereocenters. The lowest BCUT2D eigenvalue weighted by atomic mass is 10.1. The lowest BCUT2D eigenvalue weighted by molar-refractivity contribution is 0.0952. The average molecular weight is 584 g/mol. The second kappa shape index (κ2) is 11.2. The van der Waals surface area contributed by atoms with Crippen molar-refractivity contribution in [2.45, 2.75) is 6.61 Å². The van der Waals surface area contributed by atoms with Crippen molar-refractivity contribution >= 4 is 45.5 Å². The first-order valence-electron chi connectivity index (χ1n) is 10.6. The van der Waals surface area contributed by atoms with Crippen molar-refractivity contribution in [1.29, 1.82) is 0 Å². The monoisotopic (exact) mass is 584 g/mol. The zero-order valence-corrected chi connectivity index (χ0v) is 21.2. The number of hydrogen-bond acceptors (Lipinski definition) is 5. The quantitative estimate of drug-likeness (QED) is 0.158. The molecule has 4 rings (SSSR count). The third-order valence-corrected chi connectivity index (χ3v) is 6.08. The number of rotatable bonds is 8. The first kappa shape index (κ1) is 24.5. The molecule has 0 saturated carbocycles. The molecule has 0 aliphatic carbocycles. The summed E-state index contributed by atoms with van der Waals surface area (Å²) in [5.41, 5.74) is 4.06. The van der Waals surface area contributed by atoms with Crippen LogP contribution in [-0.2, 0) is 6.61 Å². The summed E-state index contributed by atoms with van der Waals surface area (Å²) < 4.78 is 31.4. The van der Waals surface area contributed by atoms with Crippen molar-refractivity contribution in [2.75, 3.05) is 14.2 Å². The number of fused-ring (bicyclic) bond motifs is 1. The first-order valence-corrected chi connectivity index (χ1v) is 11.7. The molecule has 0 aromatic heterocycles.